The van der Waals surface area contributed by atoms with Crippen molar-refractivity contribution in [3.05, 3.63) is 144 Å². The van der Waals surface area contributed by atoms with Crippen LogP contribution in [-0.2, 0) is 20.7 Å². The zero-order chi connectivity index (χ0) is 33.9. The monoisotopic (exact) mass is 643 g/mol. The van der Waals surface area contributed by atoms with Gasteiger partial charge in [0.15, 0.2) is 0 Å². The molecule has 0 N–H and O–H groups in total. The van der Waals surface area contributed by atoms with Gasteiger partial charge >= 0.3 is 12.1 Å². The lowest BCUT2D eigenvalue weighted by atomic mass is 9.89. The molecule has 0 aromatic heterocycles. The lowest BCUT2D eigenvalue weighted by Crippen LogP contribution is -2.50. The molecular formula is C44H37NO4. The number of fused-ring (bicyclic) bond motifs is 13. The van der Waals surface area contributed by atoms with Crippen molar-refractivity contribution in [1.29, 1.82) is 0 Å². The van der Waals surface area contributed by atoms with E-state index >= 15 is 0 Å². The van der Waals surface area contributed by atoms with E-state index in [0.717, 1.165) is 70.9 Å². The SMILES string of the molecule is COC(=O)N(C1c2c(c3ccccc3c3ccccc23)-c2c1c1ccccc1c1ccccc21)[C@@H](Cc1ccccc1)C(=O)OC(C)(C)C. The standard InChI is InChI=1S/C44H37NO4/c1-44(2,3)49-42(46)36(26-27-16-6-5-7-17-27)45(43(47)48-4)41-39-34-24-14-10-20-30(34)28-18-8-12-22-32(28)37(39)38-33-23-13-9-19-29(33)31-21-11-15-25-35(31)40(38)41/h5-25,36,41H,26H2,1-4H3/t36-/m0/s1. The van der Waals surface area contributed by atoms with E-state index in [4.69, 9.17) is 9.47 Å². The van der Waals surface area contributed by atoms with Crippen molar-refractivity contribution in [3.63, 3.8) is 0 Å². The van der Waals surface area contributed by atoms with Gasteiger partial charge in [-0.2, -0.15) is 0 Å². The Hall–Kier alpha value is -5.68. The zero-order valence-corrected chi connectivity index (χ0v) is 28.1. The van der Waals surface area contributed by atoms with E-state index in [1.165, 1.54) is 7.11 Å². The molecule has 0 spiro atoms. The van der Waals surface area contributed by atoms with Gasteiger partial charge in [0.25, 0.3) is 0 Å². The number of carbonyl (C=O) groups excluding carboxylic acids is 2. The number of benzene rings is 7. The largest absolute Gasteiger partial charge is 0.458 e. The van der Waals surface area contributed by atoms with Crippen LogP contribution >= 0.6 is 0 Å². The highest BCUT2D eigenvalue weighted by molar-refractivity contribution is 6.25. The van der Waals surface area contributed by atoms with Crippen LogP contribution in [-0.4, -0.2) is 35.7 Å². The Morgan fingerprint density at radius 2 is 0.980 bits per heavy atom. The van der Waals surface area contributed by atoms with Crippen LogP contribution < -0.4 is 0 Å². The molecule has 7 aromatic rings. The number of nitrogens with zero attached hydrogens (tertiary/aromatic N) is 1. The summed E-state index contributed by atoms with van der Waals surface area (Å²) in [5.41, 5.74) is 4.26. The maximum Gasteiger partial charge on any atom is 0.411 e. The fraction of sp³-hybridized carbons (Fsp3) is 0.182. The van der Waals surface area contributed by atoms with Gasteiger partial charge in [0.05, 0.1) is 13.2 Å². The average molecular weight is 644 g/mol. The molecule has 8 rings (SSSR count). The number of esters is 1. The number of methoxy groups -OCH3 is 1. The molecule has 0 saturated heterocycles. The fourth-order valence-electron chi connectivity index (χ4n) is 7.89. The van der Waals surface area contributed by atoms with Crippen LogP contribution in [0.4, 0.5) is 4.79 Å². The molecule has 7 aromatic carbocycles. The average Bonchev–Trinajstić information content (AvgIpc) is 3.48. The third-order valence-corrected chi connectivity index (χ3v) is 9.69. The molecule has 0 radical (unpaired) electrons. The molecule has 5 nitrogen and oxygen atoms in total. The summed E-state index contributed by atoms with van der Waals surface area (Å²) in [4.78, 5) is 30.7. The van der Waals surface area contributed by atoms with Crippen LogP contribution in [0.1, 0.15) is 43.5 Å². The molecular weight excluding hydrogens is 606 g/mol. The topological polar surface area (TPSA) is 55.8 Å². The van der Waals surface area contributed by atoms with Gasteiger partial charge in [0.2, 0.25) is 0 Å². The van der Waals surface area contributed by atoms with Crippen molar-refractivity contribution in [1.82, 2.24) is 4.90 Å². The van der Waals surface area contributed by atoms with Gasteiger partial charge in [-0.3, -0.25) is 4.90 Å². The Balaban J connectivity index is 1.54. The van der Waals surface area contributed by atoms with E-state index in [2.05, 4.69) is 84.9 Å². The molecule has 1 aliphatic rings. The first-order valence-electron chi connectivity index (χ1n) is 16.8. The first-order chi connectivity index (χ1) is 23.8. The minimum atomic E-state index is -0.992. The lowest BCUT2D eigenvalue weighted by Gasteiger charge is -2.37. The minimum absolute atomic E-state index is 0.253. The maximum absolute atomic E-state index is 14.5. The predicted molar refractivity (Wildman–Crippen MR) is 198 cm³/mol. The van der Waals surface area contributed by atoms with E-state index in [1.54, 1.807) is 4.90 Å². The normalized spacial score (nSPS) is 13.4. The molecule has 0 heterocycles. The van der Waals surface area contributed by atoms with Gasteiger partial charge in [0.1, 0.15) is 11.6 Å². The van der Waals surface area contributed by atoms with Gasteiger partial charge in [-0.1, -0.05) is 127 Å². The molecule has 49 heavy (non-hydrogen) atoms. The van der Waals surface area contributed by atoms with Gasteiger partial charge in [-0.25, -0.2) is 9.59 Å². The molecule has 1 atom stereocenters. The number of hydrogen-bond acceptors (Lipinski definition) is 4. The highest BCUT2D eigenvalue weighted by atomic mass is 16.6. The molecule has 0 aliphatic heterocycles. The zero-order valence-electron chi connectivity index (χ0n) is 28.1. The van der Waals surface area contributed by atoms with Gasteiger partial charge in [0, 0.05) is 6.42 Å². The van der Waals surface area contributed by atoms with Crippen molar-refractivity contribution >= 4 is 55.2 Å². The number of ether oxygens (including phenoxy) is 2. The lowest BCUT2D eigenvalue weighted by molar-refractivity contribution is -0.161. The minimum Gasteiger partial charge on any atom is -0.458 e. The number of rotatable bonds is 5. The molecule has 5 heteroatoms. The summed E-state index contributed by atoms with van der Waals surface area (Å²) in [6.45, 7) is 5.56. The van der Waals surface area contributed by atoms with Crippen LogP contribution in [0.25, 0.3) is 54.2 Å². The summed E-state index contributed by atoms with van der Waals surface area (Å²) in [7, 11) is 1.39. The van der Waals surface area contributed by atoms with E-state index in [-0.39, 0.29) is 6.42 Å². The third kappa shape index (κ3) is 5.00. The number of amides is 1. The van der Waals surface area contributed by atoms with E-state index in [0.29, 0.717) is 0 Å². The predicted octanol–water partition coefficient (Wildman–Crippen LogP) is 10.4. The molecule has 0 saturated carbocycles. The highest BCUT2D eigenvalue weighted by Crippen LogP contribution is 2.57. The summed E-state index contributed by atoms with van der Waals surface area (Å²) < 4.78 is 11.7. The van der Waals surface area contributed by atoms with Gasteiger partial charge < -0.3 is 9.47 Å². The number of carbonyl (C=O) groups is 2. The second-order valence-electron chi connectivity index (χ2n) is 13.8. The Kier molecular flexibility index (Phi) is 7.37. The molecule has 0 unspecified atom stereocenters. The fourth-order valence-corrected chi connectivity index (χ4v) is 7.89. The molecule has 0 bridgehead atoms. The van der Waals surface area contributed by atoms with Crippen LogP contribution in [0, 0.1) is 0 Å². The first-order valence-corrected chi connectivity index (χ1v) is 16.8. The Morgan fingerprint density at radius 3 is 1.41 bits per heavy atom. The Bertz CT molecular complexity index is 2300. The van der Waals surface area contributed by atoms with Crippen LogP contribution in [0.2, 0.25) is 0 Å². The van der Waals surface area contributed by atoms with E-state index in [9.17, 15) is 9.59 Å². The van der Waals surface area contributed by atoms with Crippen LogP contribution in [0.5, 0.6) is 0 Å². The second kappa shape index (κ2) is 11.8. The second-order valence-corrected chi connectivity index (χ2v) is 13.8. The molecule has 1 amide bonds. The van der Waals surface area contributed by atoms with Crippen molar-refractivity contribution in [2.45, 2.75) is 44.9 Å². The number of hydrogen-bond donors (Lipinski definition) is 0. The summed E-state index contributed by atoms with van der Waals surface area (Å²) in [6, 6.07) is 41.9. The van der Waals surface area contributed by atoms with Crippen molar-refractivity contribution in [3.8, 4) is 11.1 Å². The maximum atomic E-state index is 14.5. The quantitative estimate of drug-likeness (QED) is 0.138. The summed E-state index contributed by atoms with van der Waals surface area (Å²) in [5, 5.41) is 8.71. The van der Waals surface area contributed by atoms with Crippen molar-refractivity contribution < 1.29 is 19.1 Å². The highest BCUT2D eigenvalue weighted by Gasteiger charge is 2.46. The Morgan fingerprint density at radius 1 is 0.592 bits per heavy atom. The van der Waals surface area contributed by atoms with Crippen LogP contribution in [0.15, 0.2) is 127 Å². The third-order valence-electron chi connectivity index (χ3n) is 9.69. The summed E-state index contributed by atoms with van der Waals surface area (Å²) >= 11 is 0. The van der Waals surface area contributed by atoms with E-state index < -0.39 is 29.7 Å². The first kappa shape index (κ1) is 30.6. The molecule has 0 fully saturated rings. The van der Waals surface area contributed by atoms with Crippen molar-refractivity contribution in [2.24, 2.45) is 0 Å². The Labute approximate surface area is 285 Å². The smallest absolute Gasteiger partial charge is 0.411 e. The van der Waals surface area contributed by atoms with Gasteiger partial charge in [-0.15, -0.1) is 0 Å². The molecule has 1 aliphatic carbocycles. The summed E-state index contributed by atoms with van der Waals surface area (Å²) in [5.74, 6) is -0.480. The van der Waals surface area contributed by atoms with Gasteiger partial charge in [-0.05, 0) is 91.7 Å². The van der Waals surface area contributed by atoms with E-state index in [1.807, 2.05) is 63.2 Å². The van der Waals surface area contributed by atoms with Crippen LogP contribution in [0.3, 0.4) is 0 Å². The molecule has 242 valence electrons. The van der Waals surface area contributed by atoms with Crippen molar-refractivity contribution in [2.75, 3.05) is 7.11 Å². The summed E-state index contributed by atoms with van der Waals surface area (Å²) in [6.07, 6.45) is -0.340.